The van der Waals surface area contributed by atoms with Gasteiger partial charge in [0, 0.05) is 25.1 Å². The summed E-state index contributed by atoms with van der Waals surface area (Å²) >= 11 is 11.3. The number of halogens is 3. The molecule has 0 N–H and O–H groups in total. The van der Waals surface area contributed by atoms with E-state index in [1.54, 1.807) is 0 Å². The van der Waals surface area contributed by atoms with Crippen molar-refractivity contribution in [2.75, 3.05) is 0 Å². The fraction of sp³-hybridized carbons (Fsp3) is 0.625. The molecular formula is C16H22Br3N. The maximum Gasteiger partial charge on any atom is 0.0573 e. The molecule has 1 aromatic carbocycles. The minimum absolute atomic E-state index is 0.0879. The van der Waals surface area contributed by atoms with E-state index in [1.165, 1.54) is 11.1 Å². The van der Waals surface area contributed by atoms with E-state index in [9.17, 15) is 0 Å². The highest BCUT2D eigenvalue weighted by Crippen LogP contribution is 2.58. The molecule has 0 bridgehead atoms. The van der Waals surface area contributed by atoms with Crippen LogP contribution in [0.15, 0.2) is 21.1 Å². The van der Waals surface area contributed by atoms with Crippen molar-refractivity contribution in [2.24, 2.45) is 0 Å². The van der Waals surface area contributed by atoms with E-state index < -0.39 is 0 Å². The van der Waals surface area contributed by atoms with Crippen LogP contribution in [0, 0.1) is 0 Å². The zero-order valence-electron chi connectivity index (χ0n) is 12.6. The standard InChI is InChI=1S/C16H22Br3N/c1-5-15(6-2)11-9-13(17)14(18)10-12(11)16(7-3,8-4)20(15)19/h9-10H,5-8H2,1-4H3. The lowest BCUT2D eigenvalue weighted by atomic mass is 9.83. The highest BCUT2D eigenvalue weighted by atomic mass is 79.9. The molecule has 0 aliphatic carbocycles. The van der Waals surface area contributed by atoms with Crippen LogP contribution < -0.4 is 0 Å². The Bertz CT molecular complexity index is 460. The predicted octanol–water partition coefficient (Wildman–Crippen LogP) is 6.87. The van der Waals surface area contributed by atoms with Gasteiger partial charge in [-0.1, -0.05) is 27.7 Å². The Kier molecular flexibility index (Phi) is 5.11. The number of nitrogens with zero attached hydrogens (tertiary/aromatic N) is 1. The second-order valence-corrected chi connectivity index (χ2v) is 7.99. The molecule has 4 heteroatoms. The molecule has 1 aliphatic rings. The molecule has 0 fully saturated rings. The molecule has 1 heterocycles. The maximum absolute atomic E-state index is 3.96. The Morgan fingerprint density at radius 2 is 1.10 bits per heavy atom. The molecule has 1 nitrogen and oxygen atoms in total. The van der Waals surface area contributed by atoms with Crippen molar-refractivity contribution in [1.82, 2.24) is 3.93 Å². The monoisotopic (exact) mass is 465 g/mol. The normalized spacial score (nSPS) is 20.1. The molecule has 1 aromatic rings. The SMILES string of the molecule is CCC1(CC)c2cc(Br)c(Br)cc2C(CC)(CC)N1Br. The molecule has 112 valence electrons. The van der Waals surface area contributed by atoms with E-state index in [2.05, 4.69) is 91.8 Å². The average Bonchev–Trinajstić information content (AvgIpc) is 2.65. The number of rotatable bonds is 4. The van der Waals surface area contributed by atoms with Gasteiger partial charge in [-0.2, -0.15) is 0 Å². The summed E-state index contributed by atoms with van der Waals surface area (Å²) in [7, 11) is 0. The van der Waals surface area contributed by atoms with Crippen molar-refractivity contribution in [3.63, 3.8) is 0 Å². The van der Waals surface area contributed by atoms with Crippen molar-refractivity contribution < 1.29 is 0 Å². The zero-order chi connectivity index (χ0) is 15.1. The van der Waals surface area contributed by atoms with Gasteiger partial charge in [-0.25, -0.2) is 3.93 Å². The molecular weight excluding hydrogens is 446 g/mol. The number of hydrogen-bond donors (Lipinski definition) is 0. The summed E-state index contributed by atoms with van der Waals surface area (Å²) in [6, 6.07) is 4.63. The summed E-state index contributed by atoms with van der Waals surface area (Å²) < 4.78 is 4.76. The number of hydrogen-bond acceptors (Lipinski definition) is 1. The van der Waals surface area contributed by atoms with Crippen molar-refractivity contribution in [3.05, 3.63) is 32.2 Å². The first-order valence-electron chi connectivity index (χ1n) is 7.39. The summed E-state index contributed by atoms with van der Waals surface area (Å²) in [4.78, 5) is 0. The van der Waals surface area contributed by atoms with E-state index in [1.807, 2.05) is 0 Å². The van der Waals surface area contributed by atoms with E-state index in [0.717, 1.165) is 34.6 Å². The molecule has 0 radical (unpaired) electrons. The molecule has 20 heavy (non-hydrogen) atoms. The lowest BCUT2D eigenvalue weighted by Gasteiger charge is -2.42. The quantitative estimate of drug-likeness (QED) is 0.437. The van der Waals surface area contributed by atoms with Gasteiger partial charge in [-0.3, -0.25) is 0 Å². The predicted molar refractivity (Wildman–Crippen MR) is 97.1 cm³/mol. The van der Waals surface area contributed by atoms with Gasteiger partial charge in [-0.05, 0) is 80.8 Å². The van der Waals surface area contributed by atoms with Crippen LogP contribution in [0.1, 0.15) is 64.5 Å². The van der Waals surface area contributed by atoms with Gasteiger partial charge in [0.05, 0.1) is 11.1 Å². The minimum atomic E-state index is 0.0879. The summed E-state index contributed by atoms with van der Waals surface area (Å²) in [5, 5.41) is 0. The topological polar surface area (TPSA) is 3.24 Å². The highest BCUT2D eigenvalue weighted by molar-refractivity contribution is 9.13. The van der Waals surface area contributed by atoms with E-state index in [4.69, 9.17) is 0 Å². The van der Waals surface area contributed by atoms with E-state index in [-0.39, 0.29) is 11.1 Å². The third kappa shape index (κ3) is 2.09. The molecule has 0 saturated carbocycles. The van der Waals surface area contributed by atoms with Crippen LogP contribution in [0.2, 0.25) is 0 Å². The van der Waals surface area contributed by atoms with Gasteiger partial charge in [0.1, 0.15) is 0 Å². The highest BCUT2D eigenvalue weighted by Gasteiger charge is 2.54. The van der Waals surface area contributed by atoms with Gasteiger partial charge in [0.25, 0.3) is 0 Å². The van der Waals surface area contributed by atoms with Crippen LogP contribution in [-0.4, -0.2) is 3.93 Å². The lowest BCUT2D eigenvalue weighted by Crippen LogP contribution is -2.43. The fourth-order valence-electron chi connectivity index (χ4n) is 3.76. The van der Waals surface area contributed by atoms with Gasteiger partial charge < -0.3 is 0 Å². The summed E-state index contributed by atoms with van der Waals surface area (Å²) in [5.74, 6) is 0. The van der Waals surface area contributed by atoms with Crippen LogP contribution in [0.4, 0.5) is 0 Å². The van der Waals surface area contributed by atoms with Gasteiger partial charge in [-0.15, -0.1) is 0 Å². The van der Waals surface area contributed by atoms with Crippen LogP contribution in [0.25, 0.3) is 0 Å². The van der Waals surface area contributed by atoms with Crippen LogP contribution >= 0.6 is 48.0 Å². The number of benzene rings is 1. The van der Waals surface area contributed by atoms with Gasteiger partial charge in [0.2, 0.25) is 0 Å². The summed E-state index contributed by atoms with van der Waals surface area (Å²) in [6.07, 6.45) is 4.43. The lowest BCUT2D eigenvalue weighted by molar-refractivity contribution is 0.0971. The molecule has 1 aliphatic heterocycles. The van der Waals surface area contributed by atoms with Crippen molar-refractivity contribution >= 4 is 48.0 Å². The first kappa shape index (κ1) is 17.0. The second kappa shape index (κ2) is 6.02. The maximum atomic E-state index is 3.96. The second-order valence-electron chi connectivity index (χ2n) is 5.57. The summed E-state index contributed by atoms with van der Waals surface area (Å²) in [6.45, 7) is 9.16. The molecule has 0 unspecified atom stereocenters. The Morgan fingerprint density at radius 1 is 0.800 bits per heavy atom. The molecule has 2 rings (SSSR count). The Labute approximate surface area is 148 Å². The first-order chi connectivity index (χ1) is 9.43. The smallest absolute Gasteiger partial charge is 0.0573 e. The molecule has 0 saturated heterocycles. The molecule has 0 aromatic heterocycles. The third-order valence-corrected chi connectivity index (χ3v) is 8.36. The van der Waals surface area contributed by atoms with Gasteiger partial charge >= 0.3 is 0 Å². The number of fused-ring (bicyclic) bond motifs is 1. The fourth-order valence-corrected chi connectivity index (χ4v) is 5.83. The molecule has 0 spiro atoms. The first-order valence-corrected chi connectivity index (χ1v) is 9.69. The van der Waals surface area contributed by atoms with Crippen molar-refractivity contribution in [3.8, 4) is 0 Å². The Hall–Kier alpha value is 0.620. The zero-order valence-corrected chi connectivity index (χ0v) is 17.3. The van der Waals surface area contributed by atoms with Crippen molar-refractivity contribution in [1.29, 1.82) is 0 Å². The van der Waals surface area contributed by atoms with Crippen LogP contribution in [0.5, 0.6) is 0 Å². The van der Waals surface area contributed by atoms with Crippen LogP contribution in [0.3, 0.4) is 0 Å². The summed E-state index contributed by atoms with van der Waals surface area (Å²) in [5.41, 5.74) is 3.12. The largest absolute Gasteiger partial charge is 0.221 e. The third-order valence-electron chi connectivity index (χ3n) is 5.15. The van der Waals surface area contributed by atoms with E-state index >= 15 is 0 Å². The van der Waals surface area contributed by atoms with Crippen LogP contribution in [-0.2, 0) is 11.1 Å². The average molecular weight is 468 g/mol. The molecule has 0 amide bonds. The Balaban J connectivity index is 2.80. The molecule has 0 atom stereocenters. The van der Waals surface area contributed by atoms with E-state index in [0.29, 0.717) is 0 Å². The Morgan fingerprint density at radius 3 is 1.35 bits per heavy atom. The van der Waals surface area contributed by atoms with Crippen molar-refractivity contribution in [2.45, 2.75) is 64.5 Å². The van der Waals surface area contributed by atoms with Gasteiger partial charge in [0.15, 0.2) is 0 Å². The minimum Gasteiger partial charge on any atom is -0.221 e.